The van der Waals surface area contributed by atoms with Gasteiger partial charge in [-0.05, 0) is 89.2 Å². The van der Waals surface area contributed by atoms with Gasteiger partial charge in [0.2, 0.25) is 27.7 Å². The second kappa shape index (κ2) is 15.8. The molecule has 310 valence electrons. The molecule has 5 fully saturated rings. The number of allylic oxidation sites excluding steroid dienone is 1. The normalized spacial score (nSPS) is 29.3. The molecule has 4 amide bonds. The van der Waals surface area contributed by atoms with Crippen LogP contribution in [0.3, 0.4) is 0 Å². The van der Waals surface area contributed by atoms with E-state index in [0.29, 0.717) is 43.6 Å². The SMILES string of the molecule is O=C(N[C@H]1CCCCC/C=C\[C@@H]2C[C@@]2(C(=O)NS(=O)(=O)C2CC2)NC(=O)[C@@H]2C[C@@H](Oc3cc(C4CCCC4)nc4c5ccccc5nn34)CN2C1=O)OC1CCCC1. The van der Waals surface area contributed by atoms with Gasteiger partial charge >= 0.3 is 6.09 Å². The molecule has 0 radical (unpaired) electrons. The van der Waals surface area contributed by atoms with Crippen molar-refractivity contribution in [2.75, 3.05) is 6.54 Å². The Bertz CT molecular complexity index is 2230. The molecule has 4 heterocycles. The number of alkyl carbamates (subject to hydrolysis) is 1. The standard InChI is InChI=1S/C42H53N7O8S/c50-38-35-22-29(56-36-23-34(26-12-6-7-13-26)43-37-31-17-10-11-18-32(31)46-49(36)37)25-48(35)39(51)33(44-41(53)57-28-15-8-9-16-28)19-5-3-1-2-4-14-27-24-42(27,45-38)40(52)47-58(54,55)30-20-21-30/h4,10-11,14,17-18,23,26-30,33,35H,1-3,5-9,12-13,15-16,19-22,24-25H2,(H,44,53)(H,45,50)(H,47,52)/b14-4-/t27-,29-,33+,35+,42-/m1/s1. The van der Waals surface area contributed by atoms with Gasteiger partial charge in [-0.25, -0.2) is 18.2 Å². The van der Waals surface area contributed by atoms with Gasteiger partial charge in [0.1, 0.15) is 29.8 Å². The molecule has 2 aliphatic heterocycles. The largest absolute Gasteiger partial charge is 0.472 e. The lowest BCUT2D eigenvalue weighted by atomic mass is 10.0. The first kappa shape index (κ1) is 38.8. The predicted molar refractivity (Wildman–Crippen MR) is 213 cm³/mol. The third kappa shape index (κ3) is 7.87. The molecular weight excluding hydrogens is 763 g/mol. The Morgan fingerprint density at radius 3 is 2.47 bits per heavy atom. The number of rotatable bonds is 8. The highest BCUT2D eigenvalue weighted by atomic mass is 32.2. The zero-order chi connectivity index (χ0) is 40.0. The van der Waals surface area contributed by atoms with Crippen LogP contribution >= 0.6 is 0 Å². The number of aromatic nitrogens is 3. The van der Waals surface area contributed by atoms with Crippen LogP contribution in [0.15, 0.2) is 42.5 Å². The highest BCUT2D eigenvalue weighted by Crippen LogP contribution is 2.46. The molecule has 2 aromatic heterocycles. The monoisotopic (exact) mass is 815 g/mol. The molecule has 1 aromatic carbocycles. The van der Waals surface area contributed by atoms with Crippen molar-refractivity contribution in [3.05, 3.63) is 48.2 Å². The molecule has 3 aromatic rings. The number of fused-ring (bicyclic) bond motifs is 5. The van der Waals surface area contributed by atoms with Gasteiger partial charge in [0, 0.05) is 29.7 Å². The molecule has 3 N–H and O–H groups in total. The predicted octanol–water partition coefficient (Wildman–Crippen LogP) is 4.93. The third-order valence-electron chi connectivity index (χ3n) is 13.0. The van der Waals surface area contributed by atoms with Crippen LogP contribution < -0.4 is 20.1 Å². The van der Waals surface area contributed by atoms with Crippen molar-refractivity contribution < 1.29 is 37.1 Å². The van der Waals surface area contributed by atoms with Gasteiger partial charge in [0.05, 0.1) is 23.0 Å². The summed E-state index contributed by atoms with van der Waals surface area (Å²) in [5, 5.41) is 10.9. The lowest BCUT2D eigenvalue weighted by molar-refractivity contribution is -0.141. The fourth-order valence-corrected chi connectivity index (χ4v) is 10.9. The van der Waals surface area contributed by atoms with E-state index in [1.165, 1.54) is 4.90 Å². The van der Waals surface area contributed by atoms with Gasteiger partial charge < -0.3 is 25.0 Å². The number of hydrogen-bond acceptors (Lipinski definition) is 10. The quantitative estimate of drug-likeness (QED) is 0.263. The molecular formula is C42H53N7O8S. The molecule has 6 aliphatic rings. The second-order valence-corrected chi connectivity index (χ2v) is 19.2. The summed E-state index contributed by atoms with van der Waals surface area (Å²) in [4.78, 5) is 62.9. The summed E-state index contributed by atoms with van der Waals surface area (Å²) in [6, 6.07) is 7.65. The van der Waals surface area contributed by atoms with Gasteiger partial charge in [-0.15, -0.1) is 0 Å². The van der Waals surface area contributed by atoms with Crippen LogP contribution in [0.2, 0.25) is 0 Å². The van der Waals surface area contributed by atoms with E-state index in [2.05, 4.69) is 15.4 Å². The summed E-state index contributed by atoms with van der Waals surface area (Å²) >= 11 is 0. The maximum absolute atomic E-state index is 14.7. The fraction of sp³-hybridized carbons (Fsp3) is 0.619. The van der Waals surface area contributed by atoms with Crippen LogP contribution in [0.4, 0.5) is 4.79 Å². The first-order chi connectivity index (χ1) is 28.1. The van der Waals surface area contributed by atoms with Crippen LogP contribution in [0.25, 0.3) is 16.6 Å². The van der Waals surface area contributed by atoms with Crippen molar-refractivity contribution in [2.45, 2.75) is 150 Å². The van der Waals surface area contributed by atoms with Crippen molar-refractivity contribution in [3.63, 3.8) is 0 Å². The Balaban J connectivity index is 1.04. The summed E-state index contributed by atoms with van der Waals surface area (Å²) < 4.78 is 42.3. The average Bonchev–Trinajstić information content (AvgIpc) is 3.81. The highest BCUT2D eigenvalue weighted by Gasteiger charge is 2.62. The summed E-state index contributed by atoms with van der Waals surface area (Å²) in [5.41, 5.74) is 0.855. The second-order valence-electron chi connectivity index (χ2n) is 17.3. The lowest BCUT2D eigenvalue weighted by Crippen LogP contribution is -2.58. The van der Waals surface area contributed by atoms with Crippen LogP contribution in [0.1, 0.15) is 121 Å². The fourth-order valence-electron chi connectivity index (χ4n) is 9.49. The minimum atomic E-state index is -3.89. The average molecular weight is 816 g/mol. The first-order valence-corrected chi connectivity index (χ1v) is 22.9. The van der Waals surface area contributed by atoms with E-state index in [9.17, 15) is 27.6 Å². The maximum atomic E-state index is 14.7. The molecule has 58 heavy (non-hydrogen) atoms. The number of nitrogens with zero attached hydrogens (tertiary/aromatic N) is 4. The molecule has 4 saturated carbocycles. The zero-order valence-corrected chi connectivity index (χ0v) is 33.6. The molecule has 16 heteroatoms. The molecule has 0 spiro atoms. The summed E-state index contributed by atoms with van der Waals surface area (Å²) in [6.07, 6.45) is 14.7. The van der Waals surface area contributed by atoms with Gasteiger partial charge in [-0.3, -0.25) is 19.1 Å². The summed E-state index contributed by atoms with van der Waals surface area (Å²) in [5.74, 6) is -1.49. The Hall–Kier alpha value is -4.73. The van der Waals surface area contributed by atoms with Crippen LogP contribution in [0.5, 0.6) is 5.88 Å². The number of benzene rings is 1. The van der Waals surface area contributed by atoms with Crippen molar-refractivity contribution in [1.82, 2.24) is 34.9 Å². The molecule has 0 bridgehead atoms. The Kier molecular flexibility index (Phi) is 10.6. The molecule has 0 unspecified atom stereocenters. The number of nitrogens with one attached hydrogen (secondary N) is 3. The van der Waals surface area contributed by atoms with Crippen LogP contribution in [-0.2, 0) is 29.1 Å². The minimum absolute atomic E-state index is 0.0225. The van der Waals surface area contributed by atoms with E-state index in [1.54, 1.807) is 4.52 Å². The minimum Gasteiger partial charge on any atom is -0.472 e. The summed E-state index contributed by atoms with van der Waals surface area (Å²) in [7, 11) is -3.89. The van der Waals surface area contributed by atoms with E-state index in [-0.39, 0.29) is 31.4 Å². The number of carbonyl (C=O) groups is 4. The van der Waals surface area contributed by atoms with E-state index in [0.717, 1.165) is 80.8 Å². The van der Waals surface area contributed by atoms with Crippen LogP contribution in [0, 0.1) is 5.92 Å². The third-order valence-corrected chi connectivity index (χ3v) is 14.9. The van der Waals surface area contributed by atoms with Gasteiger partial charge in [0.15, 0.2) is 5.65 Å². The molecule has 15 nitrogen and oxygen atoms in total. The van der Waals surface area contributed by atoms with Gasteiger partial charge in [-0.2, -0.15) is 9.61 Å². The van der Waals surface area contributed by atoms with E-state index in [4.69, 9.17) is 19.6 Å². The van der Waals surface area contributed by atoms with Gasteiger partial charge in [0.25, 0.3) is 5.91 Å². The topological polar surface area (TPSA) is 190 Å². The molecule has 1 saturated heterocycles. The summed E-state index contributed by atoms with van der Waals surface area (Å²) in [6.45, 7) is 0.0225. The number of sulfonamides is 1. The number of hydrogen-bond donors (Lipinski definition) is 3. The maximum Gasteiger partial charge on any atom is 0.408 e. The Morgan fingerprint density at radius 2 is 1.67 bits per heavy atom. The Labute approximate surface area is 338 Å². The van der Waals surface area contributed by atoms with Crippen LogP contribution in [-0.4, -0.2) is 93.4 Å². The Morgan fingerprint density at radius 1 is 0.914 bits per heavy atom. The smallest absolute Gasteiger partial charge is 0.408 e. The van der Waals surface area contributed by atoms with E-state index in [1.807, 2.05) is 42.5 Å². The van der Waals surface area contributed by atoms with Crippen molar-refractivity contribution in [1.29, 1.82) is 0 Å². The van der Waals surface area contributed by atoms with Crippen molar-refractivity contribution in [2.24, 2.45) is 5.92 Å². The number of amides is 4. The molecule has 5 atom stereocenters. The molecule has 4 aliphatic carbocycles. The highest BCUT2D eigenvalue weighted by molar-refractivity contribution is 7.91. The number of carbonyl (C=O) groups excluding carboxylic acids is 4. The molecule has 9 rings (SSSR count). The van der Waals surface area contributed by atoms with Crippen molar-refractivity contribution >= 4 is 50.4 Å². The first-order valence-electron chi connectivity index (χ1n) is 21.4. The van der Waals surface area contributed by atoms with E-state index < -0.39 is 68.7 Å². The van der Waals surface area contributed by atoms with E-state index >= 15 is 0 Å². The van der Waals surface area contributed by atoms with Gasteiger partial charge in [-0.1, -0.05) is 50.0 Å². The van der Waals surface area contributed by atoms with Crippen molar-refractivity contribution in [3.8, 4) is 5.88 Å². The lowest BCUT2D eigenvalue weighted by Gasteiger charge is -2.30. The number of ether oxygens (including phenoxy) is 2. The zero-order valence-electron chi connectivity index (χ0n) is 32.8.